The summed E-state index contributed by atoms with van der Waals surface area (Å²) in [6.07, 6.45) is 7.10. The summed E-state index contributed by atoms with van der Waals surface area (Å²) in [5.74, 6) is 2.39. The number of hydrogen-bond donors (Lipinski definition) is 0. The molecule has 1 aliphatic carbocycles. The number of hydrogen-bond acceptors (Lipinski definition) is 0. The van der Waals surface area contributed by atoms with Crippen molar-refractivity contribution in [2.24, 2.45) is 5.92 Å². The van der Waals surface area contributed by atoms with Crippen LogP contribution in [0.15, 0.2) is 12.2 Å². The van der Waals surface area contributed by atoms with Gasteiger partial charge in [-0.25, -0.2) is 0 Å². The van der Waals surface area contributed by atoms with Crippen LogP contribution in [0.4, 0.5) is 0 Å². The normalized spacial score (nSPS) is 20.9. The van der Waals surface area contributed by atoms with Crippen LogP contribution in [0.2, 0.25) is 0 Å². The Morgan fingerprint density at radius 2 is 2.25 bits per heavy atom. The Hall–Kier alpha value is -0.260. The molecular formula is C8H13. The quantitative estimate of drug-likeness (QED) is 0.485. The Bertz CT molecular complexity index is 90.2. The van der Waals surface area contributed by atoms with E-state index in [-0.39, 0.29) is 0 Å². The lowest BCUT2D eigenvalue weighted by atomic mass is 9.96. The molecule has 0 aliphatic heterocycles. The minimum atomic E-state index is 0.772. The van der Waals surface area contributed by atoms with Gasteiger partial charge in [0.25, 0.3) is 0 Å². The van der Waals surface area contributed by atoms with Gasteiger partial charge in [-0.05, 0) is 18.8 Å². The molecule has 0 aromatic carbocycles. The van der Waals surface area contributed by atoms with Crippen molar-refractivity contribution in [2.45, 2.75) is 26.7 Å². The van der Waals surface area contributed by atoms with E-state index in [1.807, 2.05) is 0 Å². The Morgan fingerprint density at radius 1 is 1.50 bits per heavy atom. The van der Waals surface area contributed by atoms with Crippen LogP contribution in [0.3, 0.4) is 0 Å². The maximum Gasteiger partial charge on any atom is 0.000113 e. The van der Waals surface area contributed by atoms with Crippen LogP contribution in [-0.2, 0) is 0 Å². The van der Waals surface area contributed by atoms with E-state index in [0.29, 0.717) is 0 Å². The Balaban J connectivity index is 2.36. The van der Waals surface area contributed by atoms with E-state index in [9.17, 15) is 0 Å². The third-order valence-electron chi connectivity index (χ3n) is 1.67. The molecule has 8 heavy (non-hydrogen) atoms. The molecule has 0 saturated heterocycles. The van der Waals surface area contributed by atoms with Gasteiger partial charge in [0.15, 0.2) is 0 Å². The van der Waals surface area contributed by atoms with Crippen LogP contribution in [0.1, 0.15) is 26.7 Å². The van der Waals surface area contributed by atoms with Gasteiger partial charge in [-0.1, -0.05) is 26.0 Å². The Morgan fingerprint density at radius 3 is 2.50 bits per heavy atom. The van der Waals surface area contributed by atoms with E-state index in [1.165, 1.54) is 12.8 Å². The van der Waals surface area contributed by atoms with E-state index < -0.39 is 0 Å². The van der Waals surface area contributed by atoms with Gasteiger partial charge in [0.05, 0.1) is 0 Å². The fraction of sp³-hybridized carbons (Fsp3) is 0.625. The molecule has 0 nitrogen and oxygen atoms in total. The van der Waals surface area contributed by atoms with Gasteiger partial charge in [-0.2, -0.15) is 0 Å². The second-order valence-electron chi connectivity index (χ2n) is 2.67. The van der Waals surface area contributed by atoms with Crippen LogP contribution in [0, 0.1) is 11.8 Å². The van der Waals surface area contributed by atoms with Gasteiger partial charge < -0.3 is 0 Å². The average Bonchev–Trinajstić information content (AvgIpc) is 2.12. The molecule has 0 spiro atoms. The van der Waals surface area contributed by atoms with Crippen molar-refractivity contribution in [2.75, 3.05) is 0 Å². The molecule has 0 atom stereocenters. The Labute approximate surface area is 51.6 Å². The van der Waals surface area contributed by atoms with Crippen molar-refractivity contribution >= 4 is 0 Å². The highest BCUT2D eigenvalue weighted by atomic mass is 14.2. The molecule has 1 radical (unpaired) electrons. The summed E-state index contributed by atoms with van der Waals surface area (Å²) in [4.78, 5) is 0. The zero-order valence-electron chi connectivity index (χ0n) is 5.65. The first-order valence-electron chi connectivity index (χ1n) is 3.33. The second kappa shape index (κ2) is 2.34. The molecule has 0 aromatic heterocycles. The Kier molecular flexibility index (Phi) is 1.72. The molecule has 1 rings (SSSR count). The summed E-state index contributed by atoms with van der Waals surface area (Å²) >= 11 is 0. The summed E-state index contributed by atoms with van der Waals surface area (Å²) in [7, 11) is 0. The molecule has 0 heterocycles. The van der Waals surface area contributed by atoms with Crippen LogP contribution in [0.25, 0.3) is 0 Å². The van der Waals surface area contributed by atoms with Crippen molar-refractivity contribution in [3.63, 3.8) is 0 Å². The van der Waals surface area contributed by atoms with Gasteiger partial charge in [0.2, 0.25) is 0 Å². The third kappa shape index (κ3) is 1.12. The molecule has 0 N–H and O–H groups in total. The smallest absolute Gasteiger partial charge is 0.000113 e. The SMILES string of the molecule is CC(C)[C]1C=CCC1. The molecule has 0 amide bonds. The van der Waals surface area contributed by atoms with E-state index in [4.69, 9.17) is 0 Å². The zero-order chi connectivity index (χ0) is 5.98. The van der Waals surface area contributed by atoms with Gasteiger partial charge in [0.1, 0.15) is 0 Å². The predicted molar refractivity (Wildman–Crippen MR) is 36.5 cm³/mol. The number of rotatable bonds is 1. The van der Waals surface area contributed by atoms with Gasteiger partial charge in [-0.15, -0.1) is 0 Å². The highest BCUT2D eigenvalue weighted by Crippen LogP contribution is 2.26. The van der Waals surface area contributed by atoms with E-state index in [1.54, 1.807) is 5.92 Å². The zero-order valence-corrected chi connectivity index (χ0v) is 5.65. The first-order chi connectivity index (χ1) is 3.80. The van der Waals surface area contributed by atoms with Crippen molar-refractivity contribution in [1.82, 2.24) is 0 Å². The van der Waals surface area contributed by atoms with Crippen LogP contribution in [-0.4, -0.2) is 0 Å². The van der Waals surface area contributed by atoms with E-state index in [2.05, 4.69) is 26.0 Å². The molecule has 0 heteroatoms. The maximum absolute atomic E-state index is 2.27. The topological polar surface area (TPSA) is 0 Å². The lowest BCUT2D eigenvalue weighted by Crippen LogP contribution is -1.97. The number of allylic oxidation sites excluding steroid dienone is 2. The lowest BCUT2D eigenvalue weighted by molar-refractivity contribution is 0.660. The summed E-state index contributed by atoms with van der Waals surface area (Å²) in [6, 6.07) is 0. The van der Waals surface area contributed by atoms with Crippen molar-refractivity contribution in [3.05, 3.63) is 18.1 Å². The monoisotopic (exact) mass is 109 g/mol. The van der Waals surface area contributed by atoms with Gasteiger partial charge >= 0.3 is 0 Å². The van der Waals surface area contributed by atoms with E-state index >= 15 is 0 Å². The van der Waals surface area contributed by atoms with Crippen LogP contribution in [0.5, 0.6) is 0 Å². The highest BCUT2D eigenvalue weighted by Gasteiger charge is 2.12. The summed E-state index contributed by atoms with van der Waals surface area (Å²) in [6.45, 7) is 4.51. The van der Waals surface area contributed by atoms with Crippen LogP contribution >= 0.6 is 0 Å². The fourth-order valence-corrected chi connectivity index (χ4v) is 1.05. The first kappa shape index (κ1) is 5.87. The lowest BCUT2D eigenvalue weighted by Gasteiger charge is -2.08. The first-order valence-corrected chi connectivity index (χ1v) is 3.33. The molecule has 0 unspecified atom stereocenters. The van der Waals surface area contributed by atoms with E-state index in [0.717, 1.165) is 5.92 Å². The minimum Gasteiger partial charge on any atom is -0.0879 e. The fourth-order valence-electron chi connectivity index (χ4n) is 1.05. The molecule has 0 saturated carbocycles. The van der Waals surface area contributed by atoms with Crippen LogP contribution < -0.4 is 0 Å². The molecule has 0 fully saturated rings. The molecule has 0 bridgehead atoms. The molecule has 45 valence electrons. The summed E-state index contributed by atoms with van der Waals surface area (Å²) in [5, 5.41) is 0. The molecular weight excluding hydrogens is 96.1 g/mol. The standard InChI is InChI=1S/C8H13/c1-7(2)8-5-3-4-6-8/h3,5,7H,4,6H2,1-2H3. The van der Waals surface area contributed by atoms with Crippen molar-refractivity contribution in [1.29, 1.82) is 0 Å². The average molecular weight is 109 g/mol. The van der Waals surface area contributed by atoms with Crippen molar-refractivity contribution in [3.8, 4) is 0 Å². The maximum atomic E-state index is 2.27. The molecule has 0 aromatic rings. The second-order valence-corrected chi connectivity index (χ2v) is 2.67. The minimum absolute atomic E-state index is 0.772. The molecule has 1 aliphatic rings. The largest absolute Gasteiger partial charge is 0.0879 e. The highest BCUT2D eigenvalue weighted by molar-refractivity contribution is 5.17. The summed E-state index contributed by atoms with van der Waals surface area (Å²) in [5.41, 5.74) is 0. The third-order valence-corrected chi connectivity index (χ3v) is 1.67. The van der Waals surface area contributed by atoms with Gasteiger partial charge in [0, 0.05) is 5.92 Å². The van der Waals surface area contributed by atoms with Crippen molar-refractivity contribution < 1.29 is 0 Å². The summed E-state index contributed by atoms with van der Waals surface area (Å²) < 4.78 is 0. The predicted octanol–water partition coefficient (Wildman–Crippen LogP) is 2.57. The van der Waals surface area contributed by atoms with Gasteiger partial charge in [-0.3, -0.25) is 0 Å².